The highest BCUT2D eigenvalue weighted by Crippen LogP contribution is 2.21. The Hall–Kier alpha value is -1.45. The normalized spacial score (nSPS) is 17.5. The lowest BCUT2D eigenvalue weighted by Gasteiger charge is -2.18. The molecule has 0 aliphatic heterocycles. The van der Waals surface area contributed by atoms with E-state index in [1.807, 2.05) is 0 Å². The second kappa shape index (κ2) is 6.47. The summed E-state index contributed by atoms with van der Waals surface area (Å²) in [7, 11) is 0. The number of benzene rings is 1. The molecule has 2 rings (SSSR count). The maximum absolute atomic E-state index is 12.5. The molecule has 1 aromatic rings. The van der Waals surface area contributed by atoms with E-state index in [0.29, 0.717) is 5.56 Å². The number of alkyl halides is 2. The fourth-order valence-corrected chi connectivity index (χ4v) is 2.07. The first-order valence-electron chi connectivity index (χ1n) is 6.25. The summed E-state index contributed by atoms with van der Waals surface area (Å²) in [6.07, 6.45) is 5.97. The van der Waals surface area contributed by atoms with Crippen molar-refractivity contribution in [3.63, 3.8) is 0 Å². The first-order chi connectivity index (χ1) is 8.75. The van der Waals surface area contributed by atoms with Crippen LogP contribution in [-0.2, 0) is 4.84 Å². The van der Waals surface area contributed by atoms with Gasteiger partial charge in [-0.05, 0) is 31.7 Å². The lowest BCUT2D eigenvalue weighted by molar-refractivity contribution is 0.0340. The molecule has 0 heterocycles. The predicted molar refractivity (Wildman–Crippen MR) is 65.9 cm³/mol. The maximum atomic E-state index is 12.5. The molecule has 0 saturated heterocycles. The largest absolute Gasteiger partial charge is 0.392 e. The van der Waals surface area contributed by atoms with Crippen molar-refractivity contribution in [2.75, 3.05) is 0 Å². The Bertz CT molecular complexity index is 401. The third kappa shape index (κ3) is 3.79. The van der Waals surface area contributed by atoms with Crippen molar-refractivity contribution in [3.8, 4) is 0 Å². The minimum Gasteiger partial charge on any atom is -0.392 e. The van der Waals surface area contributed by atoms with E-state index in [1.165, 1.54) is 31.4 Å². The first-order valence-corrected chi connectivity index (χ1v) is 6.25. The smallest absolute Gasteiger partial charge is 0.263 e. The quantitative estimate of drug-likeness (QED) is 0.581. The van der Waals surface area contributed by atoms with Gasteiger partial charge in [-0.2, -0.15) is 0 Å². The van der Waals surface area contributed by atoms with Crippen LogP contribution >= 0.6 is 0 Å². The van der Waals surface area contributed by atoms with Crippen LogP contribution in [0.25, 0.3) is 0 Å². The highest BCUT2D eigenvalue weighted by Gasteiger charge is 2.13. The number of hydrogen-bond acceptors (Lipinski definition) is 2. The SMILES string of the molecule is FC(F)c1cccc(/[C]=N/OC2CCCCC2)c1. The van der Waals surface area contributed by atoms with Crippen molar-refractivity contribution < 1.29 is 13.6 Å². The number of hydrogen-bond donors (Lipinski definition) is 0. The van der Waals surface area contributed by atoms with Crippen LogP contribution in [0.15, 0.2) is 29.4 Å². The molecule has 0 N–H and O–H groups in total. The lowest BCUT2D eigenvalue weighted by atomic mass is 9.98. The average molecular weight is 252 g/mol. The second-order valence-electron chi connectivity index (χ2n) is 4.49. The molecule has 1 aliphatic rings. The Morgan fingerprint density at radius 1 is 1.22 bits per heavy atom. The van der Waals surface area contributed by atoms with Crippen molar-refractivity contribution in [2.24, 2.45) is 5.16 Å². The van der Waals surface area contributed by atoms with Crippen LogP contribution in [0.3, 0.4) is 0 Å². The monoisotopic (exact) mass is 252 g/mol. The molecule has 0 atom stereocenters. The van der Waals surface area contributed by atoms with E-state index >= 15 is 0 Å². The van der Waals surface area contributed by atoms with Gasteiger partial charge in [-0.25, -0.2) is 8.78 Å². The van der Waals surface area contributed by atoms with Crippen LogP contribution in [0.5, 0.6) is 0 Å². The Morgan fingerprint density at radius 2 is 2.00 bits per heavy atom. The molecular weight excluding hydrogens is 236 g/mol. The Balaban J connectivity index is 1.89. The summed E-state index contributed by atoms with van der Waals surface area (Å²) in [6, 6.07) is 6.01. The lowest BCUT2D eigenvalue weighted by Crippen LogP contribution is -2.13. The highest BCUT2D eigenvalue weighted by molar-refractivity contribution is 5.79. The summed E-state index contributed by atoms with van der Waals surface area (Å²) < 4.78 is 24.9. The Labute approximate surface area is 106 Å². The maximum Gasteiger partial charge on any atom is 0.263 e. The van der Waals surface area contributed by atoms with Crippen molar-refractivity contribution in [3.05, 3.63) is 35.4 Å². The molecule has 18 heavy (non-hydrogen) atoms. The van der Waals surface area contributed by atoms with E-state index in [1.54, 1.807) is 12.1 Å². The van der Waals surface area contributed by atoms with Crippen LogP contribution in [-0.4, -0.2) is 12.3 Å². The summed E-state index contributed by atoms with van der Waals surface area (Å²) in [5.74, 6) is 0. The van der Waals surface area contributed by atoms with Crippen molar-refractivity contribution >= 4 is 6.21 Å². The van der Waals surface area contributed by atoms with E-state index in [4.69, 9.17) is 4.84 Å². The van der Waals surface area contributed by atoms with Crippen LogP contribution < -0.4 is 0 Å². The van der Waals surface area contributed by atoms with E-state index in [-0.39, 0.29) is 11.7 Å². The third-order valence-corrected chi connectivity index (χ3v) is 3.07. The van der Waals surface area contributed by atoms with Gasteiger partial charge >= 0.3 is 0 Å². The Kier molecular flexibility index (Phi) is 4.67. The number of halogens is 2. The molecule has 0 spiro atoms. The molecule has 1 saturated carbocycles. The molecule has 4 heteroatoms. The van der Waals surface area contributed by atoms with Gasteiger partial charge in [0.2, 0.25) is 0 Å². The number of nitrogens with zero attached hydrogens (tertiary/aromatic N) is 1. The number of rotatable bonds is 4. The van der Waals surface area contributed by atoms with E-state index in [2.05, 4.69) is 11.4 Å². The van der Waals surface area contributed by atoms with E-state index < -0.39 is 6.43 Å². The van der Waals surface area contributed by atoms with E-state index in [9.17, 15) is 8.78 Å². The molecule has 0 amide bonds. The van der Waals surface area contributed by atoms with Crippen LogP contribution in [0.1, 0.15) is 49.7 Å². The minimum absolute atomic E-state index is 0.0205. The van der Waals surface area contributed by atoms with Gasteiger partial charge in [0.25, 0.3) is 6.43 Å². The van der Waals surface area contributed by atoms with Gasteiger partial charge in [-0.15, -0.1) is 0 Å². The van der Waals surface area contributed by atoms with Crippen molar-refractivity contribution in [1.29, 1.82) is 0 Å². The molecule has 1 aliphatic carbocycles. The average Bonchev–Trinajstić information content (AvgIpc) is 2.40. The summed E-state index contributed by atoms with van der Waals surface area (Å²) >= 11 is 0. The van der Waals surface area contributed by atoms with Crippen LogP contribution in [0, 0.1) is 0 Å². The van der Waals surface area contributed by atoms with Gasteiger partial charge < -0.3 is 4.84 Å². The zero-order valence-corrected chi connectivity index (χ0v) is 10.1. The summed E-state index contributed by atoms with van der Waals surface area (Å²) in [6.45, 7) is 0. The van der Waals surface area contributed by atoms with Crippen LogP contribution in [0.2, 0.25) is 0 Å². The molecule has 1 aromatic carbocycles. The van der Waals surface area contributed by atoms with Gasteiger partial charge in [0.1, 0.15) is 12.3 Å². The molecule has 0 unspecified atom stereocenters. The third-order valence-electron chi connectivity index (χ3n) is 3.07. The molecule has 1 radical (unpaired) electrons. The van der Waals surface area contributed by atoms with Gasteiger partial charge in [0.05, 0.1) is 0 Å². The zero-order chi connectivity index (χ0) is 12.8. The standard InChI is InChI=1S/C14H16F2NO/c15-14(16)12-6-4-5-11(9-12)10-17-18-13-7-2-1-3-8-13/h4-6,9,13-14H,1-3,7-8H2. The van der Waals surface area contributed by atoms with Gasteiger partial charge in [0.15, 0.2) is 0 Å². The fraction of sp³-hybridized carbons (Fsp3) is 0.500. The van der Waals surface area contributed by atoms with Crippen LogP contribution in [0.4, 0.5) is 8.78 Å². The predicted octanol–water partition coefficient (Wildman–Crippen LogP) is 4.18. The molecular formula is C14H16F2NO. The molecule has 2 nitrogen and oxygen atoms in total. The van der Waals surface area contributed by atoms with Crippen molar-refractivity contribution in [1.82, 2.24) is 0 Å². The zero-order valence-electron chi connectivity index (χ0n) is 10.1. The summed E-state index contributed by atoms with van der Waals surface area (Å²) in [5.41, 5.74) is 0.497. The first kappa shape index (κ1) is 13.0. The topological polar surface area (TPSA) is 21.6 Å². The molecule has 0 bridgehead atoms. The van der Waals surface area contributed by atoms with Crippen molar-refractivity contribution in [2.45, 2.75) is 44.6 Å². The molecule has 97 valence electrons. The molecule has 0 aromatic heterocycles. The summed E-state index contributed by atoms with van der Waals surface area (Å²) in [5, 5.41) is 3.77. The fourth-order valence-electron chi connectivity index (χ4n) is 2.07. The second-order valence-corrected chi connectivity index (χ2v) is 4.49. The highest BCUT2D eigenvalue weighted by atomic mass is 19.3. The van der Waals surface area contributed by atoms with Gasteiger partial charge in [-0.3, -0.25) is 0 Å². The molecule has 1 fully saturated rings. The minimum atomic E-state index is -2.47. The summed E-state index contributed by atoms with van der Waals surface area (Å²) in [4.78, 5) is 5.31. The van der Waals surface area contributed by atoms with Gasteiger partial charge in [-0.1, -0.05) is 29.8 Å². The van der Waals surface area contributed by atoms with Gasteiger partial charge in [0, 0.05) is 11.1 Å². The Morgan fingerprint density at radius 3 is 2.72 bits per heavy atom. The van der Waals surface area contributed by atoms with E-state index in [0.717, 1.165) is 12.8 Å².